The highest BCUT2D eigenvalue weighted by molar-refractivity contribution is 5.96. The van der Waals surface area contributed by atoms with Gasteiger partial charge in [-0.2, -0.15) is 0 Å². The molecule has 0 fully saturated rings. The number of nitrogens with one attached hydrogen (secondary N) is 1. The van der Waals surface area contributed by atoms with Gasteiger partial charge in [0.05, 0.1) is 6.42 Å². The number of halogens is 1. The summed E-state index contributed by atoms with van der Waals surface area (Å²) >= 11 is 0. The number of carbonyl (C=O) groups excluding carboxylic acids is 2. The van der Waals surface area contributed by atoms with Gasteiger partial charge in [0.15, 0.2) is 0 Å². The van der Waals surface area contributed by atoms with Crippen LogP contribution in [0.1, 0.15) is 29.8 Å². The zero-order valence-electron chi connectivity index (χ0n) is 14.5. The van der Waals surface area contributed by atoms with Gasteiger partial charge in [0.2, 0.25) is 5.91 Å². The highest BCUT2D eigenvalue weighted by Crippen LogP contribution is 2.13. The summed E-state index contributed by atoms with van der Waals surface area (Å²) in [6.45, 7) is 5.26. The molecule has 0 aliphatic carbocycles. The summed E-state index contributed by atoms with van der Waals surface area (Å²) in [7, 11) is 0. The SMILES string of the molecule is CCN(CC)C(=O)c1ccc(NC(=O)Cc2ccc(N)cc2)cc1.Cl. The number of carbonyl (C=O) groups is 2. The second kappa shape index (κ2) is 9.69. The van der Waals surface area contributed by atoms with E-state index in [0.29, 0.717) is 30.0 Å². The molecule has 2 aromatic rings. The van der Waals surface area contributed by atoms with Gasteiger partial charge >= 0.3 is 0 Å². The Labute approximate surface area is 154 Å². The van der Waals surface area contributed by atoms with Crippen molar-refractivity contribution in [2.24, 2.45) is 0 Å². The van der Waals surface area contributed by atoms with E-state index in [9.17, 15) is 9.59 Å². The van der Waals surface area contributed by atoms with Crippen LogP contribution in [-0.2, 0) is 11.2 Å². The maximum absolute atomic E-state index is 12.2. The number of rotatable bonds is 6. The summed E-state index contributed by atoms with van der Waals surface area (Å²) in [5.74, 6) is -0.109. The Balaban J connectivity index is 0.00000312. The van der Waals surface area contributed by atoms with Gasteiger partial charge in [-0.1, -0.05) is 12.1 Å². The van der Waals surface area contributed by atoms with E-state index in [0.717, 1.165) is 5.56 Å². The van der Waals surface area contributed by atoms with Gasteiger partial charge in [-0.25, -0.2) is 0 Å². The van der Waals surface area contributed by atoms with Crippen molar-refractivity contribution in [1.29, 1.82) is 0 Å². The smallest absolute Gasteiger partial charge is 0.253 e. The third-order valence-corrected chi connectivity index (χ3v) is 3.81. The van der Waals surface area contributed by atoms with E-state index < -0.39 is 0 Å². The number of benzene rings is 2. The second-order valence-corrected chi connectivity index (χ2v) is 5.52. The average Bonchev–Trinajstić information content (AvgIpc) is 2.58. The third kappa shape index (κ3) is 5.80. The molecule has 0 saturated heterocycles. The lowest BCUT2D eigenvalue weighted by molar-refractivity contribution is -0.115. The summed E-state index contributed by atoms with van der Waals surface area (Å²) in [6.07, 6.45) is 0.278. The molecule has 3 N–H and O–H groups in total. The van der Waals surface area contributed by atoms with Gasteiger partial charge in [-0.3, -0.25) is 9.59 Å². The molecule has 2 amide bonds. The highest BCUT2D eigenvalue weighted by atomic mass is 35.5. The van der Waals surface area contributed by atoms with Crippen LogP contribution in [0.2, 0.25) is 0 Å². The fraction of sp³-hybridized carbons (Fsp3) is 0.263. The first-order valence-electron chi connectivity index (χ1n) is 8.07. The van der Waals surface area contributed by atoms with Crippen molar-refractivity contribution in [2.45, 2.75) is 20.3 Å². The predicted molar refractivity (Wildman–Crippen MR) is 104 cm³/mol. The fourth-order valence-corrected chi connectivity index (χ4v) is 2.42. The van der Waals surface area contributed by atoms with E-state index in [1.165, 1.54) is 0 Å². The van der Waals surface area contributed by atoms with Crippen molar-refractivity contribution in [3.8, 4) is 0 Å². The summed E-state index contributed by atoms with van der Waals surface area (Å²) < 4.78 is 0. The van der Waals surface area contributed by atoms with E-state index in [4.69, 9.17) is 5.73 Å². The second-order valence-electron chi connectivity index (χ2n) is 5.52. The van der Waals surface area contributed by atoms with Gasteiger partial charge in [0.1, 0.15) is 0 Å². The van der Waals surface area contributed by atoms with Gasteiger partial charge in [0, 0.05) is 30.0 Å². The molecule has 0 heterocycles. The largest absolute Gasteiger partial charge is 0.399 e. The van der Waals surface area contributed by atoms with Gasteiger partial charge in [0.25, 0.3) is 5.91 Å². The minimum Gasteiger partial charge on any atom is -0.399 e. The maximum Gasteiger partial charge on any atom is 0.253 e. The number of hydrogen-bond acceptors (Lipinski definition) is 3. The van der Waals surface area contributed by atoms with Crippen molar-refractivity contribution < 1.29 is 9.59 Å². The van der Waals surface area contributed by atoms with Gasteiger partial charge < -0.3 is 16.0 Å². The molecule has 2 aromatic carbocycles. The van der Waals surface area contributed by atoms with Crippen LogP contribution in [0, 0.1) is 0 Å². The van der Waals surface area contributed by atoms with Crippen molar-refractivity contribution in [1.82, 2.24) is 4.90 Å². The first-order chi connectivity index (χ1) is 11.5. The lowest BCUT2D eigenvalue weighted by atomic mass is 10.1. The molecular weight excluding hydrogens is 338 g/mol. The molecule has 6 heteroatoms. The lowest BCUT2D eigenvalue weighted by Gasteiger charge is -2.18. The Morgan fingerprint density at radius 3 is 2.04 bits per heavy atom. The van der Waals surface area contributed by atoms with Crippen molar-refractivity contribution in [3.63, 3.8) is 0 Å². The van der Waals surface area contributed by atoms with Crippen molar-refractivity contribution >= 4 is 35.6 Å². The topological polar surface area (TPSA) is 75.4 Å². The van der Waals surface area contributed by atoms with Crippen LogP contribution in [-0.4, -0.2) is 29.8 Å². The van der Waals surface area contributed by atoms with Crippen molar-refractivity contribution in [3.05, 3.63) is 59.7 Å². The first-order valence-corrected chi connectivity index (χ1v) is 8.07. The van der Waals surface area contributed by atoms with Crippen LogP contribution in [0.4, 0.5) is 11.4 Å². The zero-order valence-corrected chi connectivity index (χ0v) is 15.3. The molecule has 0 unspecified atom stereocenters. The normalized spacial score (nSPS) is 9.84. The predicted octanol–water partition coefficient (Wildman–Crippen LogP) is 3.35. The van der Waals surface area contributed by atoms with Crippen LogP contribution in [0.5, 0.6) is 0 Å². The molecule has 0 aliphatic rings. The standard InChI is InChI=1S/C19H23N3O2.ClH/c1-3-22(4-2)19(24)15-7-11-17(12-8-15)21-18(23)13-14-5-9-16(20)10-6-14;/h5-12H,3-4,13,20H2,1-2H3,(H,21,23);1H. The third-order valence-electron chi connectivity index (χ3n) is 3.81. The number of hydrogen-bond donors (Lipinski definition) is 2. The summed E-state index contributed by atoms with van der Waals surface area (Å²) in [6, 6.07) is 14.2. The number of nitrogens with two attached hydrogens (primary N) is 1. The molecule has 2 rings (SSSR count). The molecule has 134 valence electrons. The number of anilines is 2. The van der Waals surface area contributed by atoms with Crippen LogP contribution < -0.4 is 11.1 Å². The first kappa shape index (κ1) is 20.5. The van der Waals surface area contributed by atoms with Crippen LogP contribution >= 0.6 is 12.4 Å². The van der Waals surface area contributed by atoms with E-state index in [2.05, 4.69) is 5.32 Å². The highest BCUT2D eigenvalue weighted by Gasteiger charge is 2.12. The zero-order chi connectivity index (χ0) is 17.5. The molecule has 0 atom stereocenters. The number of nitrogen functional groups attached to an aromatic ring is 1. The van der Waals surface area contributed by atoms with E-state index >= 15 is 0 Å². The Hall–Kier alpha value is -2.53. The Morgan fingerprint density at radius 1 is 0.960 bits per heavy atom. The minimum atomic E-state index is -0.109. The summed E-state index contributed by atoms with van der Waals surface area (Å²) in [5, 5.41) is 2.83. The average molecular weight is 362 g/mol. The minimum absolute atomic E-state index is 0. The molecule has 25 heavy (non-hydrogen) atoms. The summed E-state index contributed by atoms with van der Waals surface area (Å²) in [5.41, 5.74) is 8.49. The molecule has 0 aromatic heterocycles. The Bertz CT molecular complexity index is 696. The molecule has 5 nitrogen and oxygen atoms in total. The molecule has 0 radical (unpaired) electrons. The summed E-state index contributed by atoms with van der Waals surface area (Å²) in [4.78, 5) is 26.1. The number of amides is 2. The van der Waals surface area contributed by atoms with Crippen molar-refractivity contribution in [2.75, 3.05) is 24.1 Å². The van der Waals surface area contributed by atoms with Crippen LogP contribution in [0.3, 0.4) is 0 Å². The maximum atomic E-state index is 12.2. The lowest BCUT2D eigenvalue weighted by Crippen LogP contribution is -2.30. The quantitative estimate of drug-likeness (QED) is 0.775. The number of nitrogens with zero attached hydrogens (tertiary/aromatic N) is 1. The molecule has 0 aliphatic heterocycles. The van der Waals surface area contributed by atoms with E-state index in [1.54, 1.807) is 41.3 Å². The van der Waals surface area contributed by atoms with Gasteiger partial charge in [-0.15, -0.1) is 12.4 Å². The molecule has 0 saturated carbocycles. The molecule has 0 spiro atoms. The Kier molecular flexibility index (Phi) is 7.95. The molecule has 0 bridgehead atoms. The van der Waals surface area contributed by atoms with E-state index in [1.807, 2.05) is 26.0 Å². The fourth-order valence-electron chi connectivity index (χ4n) is 2.42. The Morgan fingerprint density at radius 2 is 1.52 bits per heavy atom. The van der Waals surface area contributed by atoms with E-state index in [-0.39, 0.29) is 30.6 Å². The van der Waals surface area contributed by atoms with Crippen LogP contribution in [0.25, 0.3) is 0 Å². The molecular formula is C19H24ClN3O2. The van der Waals surface area contributed by atoms with Crippen LogP contribution in [0.15, 0.2) is 48.5 Å². The monoisotopic (exact) mass is 361 g/mol. The van der Waals surface area contributed by atoms with Gasteiger partial charge in [-0.05, 0) is 55.8 Å².